The summed E-state index contributed by atoms with van der Waals surface area (Å²) < 4.78 is 18.5. The van der Waals surface area contributed by atoms with E-state index in [-0.39, 0.29) is 10.6 Å². The summed E-state index contributed by atoms with van der Waals surface area (Å²) >= 11 is 11.9. The maximum atomic E-state index is 13.0. The van der Waals surface area contributed by atoms with Crippen LogP contribution in [-0.2, 0) is 6.42 Å². The second-order valence-corrected chi connectivity index (χ2v) is 5.46. The van der Waals surface area contributed by atoms with Crippen molar-refractivity contribution in [3.05, 3.63) is 57.3 Å². The number of anilines is 1. The van der Waals surface area contributed by atoms with Gasteiger partial charge in [-0.15, -0.1) is 0 Å². The first kappa shape index (κ1) is 14.2. The minimum atomic E-state index is -0.497. The third-order valence-corrected chi connectivity index (χ3v) is 3.70. The van der Waals surface area contributed by atoms with E-state index in [1.807, 2.05) is 6.07 Å². The van der Waals surface area contributed by atoms with Crippen LogP contribution in [0.5, 0.6) is 5.75 Å². The van der Waals surface area contributed by atoms with Crippen molar-refractivity contribution >= 4 is 34.8 Å². The van der Waals surface area contributed by atoms with Gasteiger partial charge in [-0.1, -0.05) is 23.2 Å². The fourth-order valence-corrected chi connectivity index (χ4v) is 2.72. The molecule has 0 spiro atoms. The van der Waals surface area contributed by atoms with Crippen molar-refractivity contribution < 1.29 is 13.9 Å². The standard InChI is InChI=1S/C15H10Cl2FNO2/c16-9-5-8-3-4-21-14(8)13(6-9)19-15(20)11-2-1-10(18)7-12(11)17/h1-2,5-7H,3-4H2,(H,19,20). The Morgan fingerprint density at radius 1 is 1.24 bits per heavy atom. The van der Waals surface area contributed by atoms with Gasteiger partial charge in [-0.3, -0.25) is 4.79 Å². The van der Waals surface area contributed by atoms with Crippen LogP contribution in [0.3, 0.4) is 0 Å². The first-order valence-electron chi connectivity index (χ1n) is 6.26. The van der Waals surface area contributed by atoms with Gasteiger partial charge in [0.25, 0.3) is 5.91 Å². The lowest BCUT2D eigenvalue weighted by molar-refractivity contribution is 0.102. The highest BCUT2D eigenvalue weighted by molar-refractivity contribution is 6.34. The van der Waals surface area contributed by atoms with Crippen LogP contribution in [0, 0.1) is 5.82 Å². The van der Waals surface area contributed by atoms with E-state index >= 15 is 0 Å². The van der Waals surface area contributed by atoms with Gasteiger partial charge in [0.1, 0.15) is 11.6 Å². The Kier molecular flexibility index (Phi) is 3.74. The van der Waals surface area contributed by atoms with Gasteiger partial charge in [0.15, 0.2) is 0 Å². The molecule has 3 rings (SSSR count). The summed E-state index contributed by atoms with van der Waals surface area (Å²) in [7, 11) is 0. The highest BCUT2D eigenvalue weighted by Gasteiger charge is 2.20. The number of hydrogen-bond donors (Lipinski definition) is 1. The van der Waals surface area contributed by atoms with Gasteiger partial charge >= 0.3 is 0 Å². The SMILES string of the molecule is O=C(Nc1cc(Cl)cc2c1OCC2)c1ccc(F)cc1Cl. The number of halogens is 3. The molecule has 1 aliphatic heterocycles. The van der Waals surface area contributed by atoms with E-state index in [0.29, 0.717) is 23.1 Å². The Bertz CT molecular complexity index is 734. The quantitative estimate of drug-likeness (QED) is 0.892. The van der Waals surface area contributed by atoms with E-state index < -0.39 is 11.7 Å². The van der Waals surface area contributed by atoms with Gasteiger partial charge in [-0.25, -0.2) is 4.39 Å². The number of nitrogens with one attached hydrogen (secondary N) is 1. The van der Waals surface area contributed by atoms with Crippen molar-refractivity contribution in [2.75, 3.05) is 11.9 Å². The number of fused-ring (bicyclic) bond motifs is 1. The van der Waals surface area contributed by atoms with Crippen LogP contribution in [0.2, 0.25) is 10.0 Å². The molecule has 2 aromatic rings. The molecule has 21 heavy (non-hydrogen) atoms. The smallest absolute Gasteiger partial charge is 0.257 e. The maximum absolute atomic E-state index is 13.0. The summed E-state index contributed by atoms with van der Waals surface area (Å²) in [5.74, 6) is -0.325. The number of hydrogen-bond acceptors (Lipinski definition) is 2. The molecule has 0 unspecified atom stereocenters. The molecular formula is C15H10Cl2FNO2. The predicted octanol–water partition coefficient (Wildman–Crippen LogP) is 4.32. The van der Waals surface area contributed by atoms with Gasteiger partial charge in [0.2, 0.25) is 0 Å². The van der Waals surface area contributed by atoms with Gasteiger partial charge in [0, 0.05) is 17.0 Å². The third-order valence-electron chi connectivity index (χ3n) is 3.17. The first-order chi connectivity index (χ1) is 10.0. The van der Waals surface area contributed by atoms with Crippen molar-refractivity contribution in [2.24, 2.45) is 0 Å². The molecule has 0 saturated heterocycles. The van der Waals surface area contributed by atoms with Crippen LogP contribution in [0.4, 0.5) is 10.1 Å². The molecule has 0 atom stereocenters. The minimum absolute atomic E-state index is 0.0482. The largest absolute Gasteiger partial charge is 0.491 e. The first-order valence-corrected chi connectivity index (χ1v) is 7.02. The topological polar surface area (TPSA) is 38.3 Å². The Balaban J connectivity index is 1.92. The van der Waals surface area contributed by atoms with Crippen LogP contribution in [0.1, 0.15) is 15.9 Å². The van der Waals surface area contributed by atoms with Crippen molar-refractivity contribution in [1.29, 1.82) is 0 Å². The molecular weight excluding hydrogens is 316 g/mol. The van der Waals surface area contributed by atoms with Crippen LogP contribution in [-0.4, -0.2) is 12.5 Å². The highest BCUT2D eigenvalue weighted by atomic mass is 35.5. The molecule has 2 aromatic carbocycles. The van der Waals surface area contributed by atoms with Crippen LogP contribution in [0.25, 0.3) is 0 Å². The highest BCUT2D eigenvalue weighted by Crippen LogP contribution is 2.37. The summed E-state index contributed by atoms with van der Waals surface area (Å²) in [5.41, 5.74) is 1.62. The monoisotopic (exact) mass is 325 g/mol. The van der Waals surface area contributed by atoms with E-state index in [1.54, 1.807) is 6.07 Å². The Hall–Kier alpha value is -1.78. The van der Waals surface area contributed by atoms with E-state index in [1.165, 1.54) is 12.1 Å². The summed E-state index contributed by atoms with van der Waals surface area (Å²) in [6.45, 7) is 0.551. The predicted molar refractivity (Wildman–Crippen MR) is 80.0 cm³/mol. The second kappa shape index (κ2) is 5.54. The van der Waals surface area contributed by atoms with Crippen LogP contribution in [0.15, 0.2) is 30.3 Å². The van der Waals surface area contributed by atoms with Gasteiger partial charge in [-0.05, 0) is 30.3 Å². The van der Waals surface area contributed by atoms with E-state index in [4.69, 9.17) is 27.9 Å². The fourth-order valence-electron chi connectivity index (χ4n) is 2.23. The molecule has 0 bridgehead atoms. The Morgan fingerprint density at radius 2 is 2.05 bits per heavy atom. The average molecular weight is 326 g/mol. The number of carbonyl (C=O) groups is 1. The van der Waals surface area contributed by atoms with Gasteiger partial charge in [-0.2, -0.15) is 0 Å². The lowest BCUT2D eigenvalue weighted by Gasteiger charge is -2.11. The van der Waals surface area contributed by atoms with Crippen molar-refractivity contribution in [2.45, 2.75) is 6.42 Å². The zero-order valence-electron chi connectivity index (χ0n) is 10.8. The molecule has 0 aliphatic carbocycles. The molecule has 1 amide bonds. The molecule has 0 fully saturated rings. The minimum Gasteiger partial charge on any atom is -0.491 e. The third kappa shape index (κ3) is 2.82. The summed E-state index contributed by atoms with van der Waals surface area (Å²) in [5, 5.41) is 3.27. The van der Waals surface area contributed by atoms with Crippen LogP contribution < -0.4 is 10.1 Å². The average Bonchev–Trinajstić information content (AvgIpc) is 2.86. The molecule has 1 N–H and O–H groups in total. The number of ether oxygens (including phenoxy) is 1. The van der Waals surface area contributed by atoms with Gasteiger partial charge in [0.05, 0.1) is 22.9 Å². The number of amides is 1. The molecule has 108 valence electrons. The molecule has 0 radical (unpaired) electrons. The van der Waals surface area contributed by atoms with E-state index in [0.717, 1.165) is 18.1 Å². The Labute approximate surface area is 130 Å². The summed E-state index contributed by atoms with van der Waals surface area (Å²) in [6, 6.07) is 7.03. The van der Waals surface area contributed by atoms with Gasteiger partial charge < -0.3 is 10.1 Å². The lowest BCUT2D eigenvalue weighted by Crippen LogP contribution is -2.13. The van der Waals surface area contributed by atoms with E-state index in [9.17, 15) is 9.18 Å². The zero-order valence-corrected chi connectivity index (χ0v) is 12.3. The molecule has 0 saturated carbocycles. The number of carbonyl (C=O) groups excluding carboxylic acids is 1. The lowest BCUT2D eigenvalue weighted by atomic mass is 10.1. The van der Waals surface area contributed by atoms with Crippen molar-refractivity contribution in [3.63, 3.8) is 0 Å². The second-order valence-electron chi connectivity index (χ2n) is 4.62. The van der Waals surface area contributed by atoms with Crippen LogP contribution >= 0.6 is 23.2 Å². The van der Waals surface area contributed by atoms with Crippen molar-refractivity contribution in [1.82, 2.24) is 0 Å². The normalized spacial score (nSPS) is 12.7. The molecule has 1 heterocycles. The molecule has 0 aromatic heterocycles. The molecule has 6 heteroatoms. The number of rotatable bonds is 2. The molecule has 3 nitrogen and oxygen atoms in total. The maximum Gasteiger partial charge on any atom is 0.257 e. The molecule has 1 aliphatic rings. The van der Waals surface area contributed by atoms with Crippen molar-refractivity contribution in [3.8, 4) is 5.75 Å². The van der Waals surface area contributed by atoms with E-state index in [2.05, 4.69) is 5.32 Å². The Morgan fingerprint density at radius 3 is 2.81 bits per heavy atom. The fraction of sp³-hybridized carbons (Fsp3) is 0.133. The summed E-state index contributed by atoms with van der Waals surface area (Å²) in [6.07, 6.45) is 0.746. The number of benzene rings is 2. The zero-order chi connectivity index (χ0) is 15.0. The summed E-state index contributed by atoms with van der Waals surface area (Å²) in [4.78, 5) is 12.2.